The first-order valence-corrected chi connectivity index (χ1v) is 9.62. The van der Waals surface area contributed by atoms with Crippen LogP contribution in [0.4, 0.5) is 18.9 Å². The van der Waals surface area contributed by atoms with Gasteiger partial charge in [0.15, 0.2) is 0 Å². The molecule has 4 nitrogen and oxygen atoms in total. The fourth-order valence-corrected chi connectivity index (χ4v) is 3.68. The highest BCUT2D eigenvalue weighted by Crippen LogP contribution is 2.29. The minimum Gasteiger partial charge on any atom is -0.362 e. The quantitative estimate of drug-likeness (QED) is 0.413. The number of benzene rings is 1. The van der Waals surface area contributed by atoms with Crippen molar-refractivity contribution in [3.05, 3.63) is 52.3 Å². The van der Waals surface area contributed by atoms with E-state index in [1.54, 1.807) is 57.2 Å². The van der Waals surface area contributed by atoms with Crippen molar-refractivity contribution in [3.63, 3.8) is 0 Å². The number of hydrogen-bond acceptors (Lipinski definition) is 3. The van der Waals surface area contributed by atoms with E-state index < -0.39 is 22.7 Å². The first kappa shape index (κ1) is 21.4. The topological polar surface area (TPSA) is 45.6 Å². The highest BCUT2D eigenvalue weighted by atomic mass is 35.5. The first-order valence-electron chi connectivity index (χ1n) is 7.92. The van der Waals surface area contributed by atoms with Crippen LogP contribution in [-0.4, -0.2) is 46.0 Å². The predicted molar refractivity (Wildman–Crippen MR) is 102 cm³/mol. The molecule has 27 heavy (non-hydrogen) atoms. The van der Waals surface area contributed by atoms with E-state index >= 15 is 0 Å². The molecule has 1 aromatic carbocycles. The Morgan fingerprint density at radius 1 is 1.22 bits per heavy atom. The third kappa shape index (κ3) is 5.77. The van der Waals surface area contributed by atoms with Gasteiger partial charge in [0, 0.05) is 30.8 Å². The van der Waals surface area contributed by atoms with Gasteiger partial charge in [0.25, 0.3) is 0 Å². The van der Waals surface area contributed by atoms with Crippen LogP contribution in [0.3, 0.4) is 0 Å². The Labute approximate surface area is 163 Å². The normalized spacial score (nSPS) is 13.6. The van der Waals surface area contributed by atoms with Crippen molar-refractivity contribution < 1.29 is 17.4 Å². The summed E-state index contributed by atoms with van der Waals surface area (Å²) in [5, 5.41) is 0.341. The molecule has 0 aliphatic heterocycles. The summed E-state index contributed by atoms with van der Waals surface area (Å²) in [7, 11) is 1.39. The molecule has 0 bridgehead atoms. The summed E-state index contributed by atoms with van der Waals surface area (Å²) in [6, 6.07) is 6.53. The van der Waals surface area contributed by atoms with E-state index in [-0.39, 0.29) is 4.90 Å². The lowest BCUT2D eigenvalue weighted by molar-refractivity contribution is -0.105. The Kier molecular flexibility index (Phi) is 6.64. The van der Waals surface area contributed by atoms with Crippen LogP contribution in [0, 0.1) is 13.8 Å². The molecule has 0 aliphatic carbocycles. The molecule has 1 unspecified atom stereocenters. The SMILES string of the molecule is Cc1cc(C)c(S(=O)CC(F)(F)F)cc1N=C(c1ccc(Cl)nc1)N(C)C. The van der Waals surface area contributed by atoms with E-state index in [9.17, 15) is 17.4 Å². The van der Waals surface area contributed by atoms with Gasteiger partial charge in [-0.1, -0.05) is 17.7 Å². The summed E-state index contributed by atoms with van der Waals surface area (Å²) in [5.41, 5.74) is 2.45. The van der Waals surface area contributed by atoms with Gasteiger partial charge in [0.1, 0.15) is 16.7 Å². The summed E-state index contributed by atoms with van der Waals surface area (Å²) >= 11 is 5.82. The van der Waals surface area contributed by atoms with E-state index in [4.69, 9.17) is 11.6 Å². The monoisotopic (exact) mass is 417 g/mol. The first-order chi connectivity index (χ1) is 12.5. The zero-order valence-corrected chi connectivity index (χ0v) is 16.8. The van der Waals surface area contributed by atoms with E-state index in [1.807, 2.05) is 0 Å². The number of halogens is 4. The number of alkyl halides is 3. The summed E-state index contributed by atoms with van der Waals surface area (Å²) in [4.78, 5) is 10.5. The van der Waals surface area contributed by atoms with E-state index in [1.165, 1.54) is 6.07 Å². The third-order valence-electron chi connectivity index (χ3n) is 3.67. The fourth-order valence-electron chi connectivity index (χ4n) is 2.46. The summed E-state index contributed by atoms with van der Waals surface area (Å²) < 4.78 is 50.1. The molecule has 0 radical (unpaired) electrons. The van der Waals surface area contributed by atoms with Crippen LogP contribution in [-0.2, 0) is 10.8 Å². The molecule has 0 saturated heterocycles. The molecule has 1 aromatic heterocycles. The summed E-state index contributed by atoms with van der Waals surface area (Å²) in [6.07, 6.45) is -2.94. The zero-order chi connectivity index (χ0) is 20.4. The lowest BCUT2D eigenvalue weighted by Gasteiger charge is -2.17. The molecule has 1 atom stereocenters. The number of hydrogen-bond donors (Lipinski definition) is 0. The lowest BCUT2D eigenvalue weighted by Crippen LogP contribution is -2.23. The Morgan fingerprint density at radius 2 is 1.89 bits per heavy atom. The number of nitrogens with zero attached hydrogens (tertiary/aromatic N) is 3. The molecule has 0 aliphatic rings. The van der Waals surface area contributed by atoms with Gasteiger partial charge in [-0.2, -0.15) is 13.2 Å². The Balaban J connectivity index is 2.52. The number of aromatic nitrogens is 1. The number of pyridine rings is 1. The van der Waals surface area contributed by atoms with Crippen LogP contribution in [0.5, 0.6) is 0 Å². The minimum absolute atomic E-state index is 0.129. The maximum absolute atomic E-state index is 12.6. The van der Waals surface area contributed by atoms with Gasteiger partial charge in [0.05, 0.1) is 16.5 Å². The second kappa shape index (κ2) is 8.39. The van der Waals surface area contributed by atoms with Gasteiger partial charge < -0.3 is 4.90 Å². The molecule has 0 saturated carbocycles. The molecule has 0 amide bonds. The number of rotatable bonds is 4. The van der Waals surface area contributed by atoms with Crippen molar-refractivity contribution in [1.82, 2.24) is 9.88 Å². The van der Waals surface area contributed by atoms with Crippen molar-refractivity contribution in [2.24, 2.45) is 4.99 Å². The van der Waals surface area contributed by atoms with Crippen molar-refractivity contribution >= 4 is 33.9 Å². The lowest BCUT2D eigenvalue weighted by atomic mass is 10.1. The minimum atomic E-state index is -4.50. The molecule has 0 N–H and O–H groups in total. The maximum Gasteiger partial charge on any atom is 0.400 e. The second-order valence-electron chi connectivity index (χ2n) is 6.21. The highest BCUT2D eigenvalue weighted by molar-refractivity contribution is 7.85. The van der Waals surface area contributed by atoms with E-state index in [0.717, 1.165) is 5.56 Å². The van der Waals surface area contributed by atoms with Crippen LogP contribution in [0.25, 0.3) is 0 Å². The average molecular weight is 418 g/mol. The molecule has 1 heterocycles. The molecule has 9 heteroatoms. The van der Waals surface area contributed by atoms with Crippen LogP contribution in [0.2, 0.25) is 5.15 Å². The van der Waals surface area contributed by atoms with Gasteiger partial charge in [-0.3, -0.25) is 4.21 Å². The van der Waals surface area contributed by atoms with Gasteiger partial charge in [-0.15, -0.1) is 0 Å². The molecular weight excluding hydrogens is 399 g/mol. The van der Waals surface area contributed by atoms with Crippen molar-refractivity contribution in [2.75, 3.05) is 19.8 Å². The number of amidine groups is 1. The molecule has 2 rings (SSSR count). The zero-order valence-electron chi connectivity index (χ0n) is 15.3. The largest absolute Gasteiger partial charge is 0.400 e. The Bertz CT molecular complexity index is 881. The number of aliphatic imine (C=N–C) groups is 1. The molecule has 0 fully saturated rings. The third-order valence-corrected chi connectivity index (χ3v) is 5.41. The standard InChI is InChI=1S/C18H19ClF3N3OS/c1-11-7-12(2)15(27(26)10-18(20,21)22)8-14(11)24-17(25(3)4)13-5-6-16(19)23-9-13/h5-9H,10H2,1-4H3. The fraction of sp³-hybridized carbons (Fsp3) is 0.333. The van der Waals surface area contributed by atoms with Crippen molar-refractivity contribution in [3.8, 4) is 0 Å². The van der Waals surface area contributed by atoms with Crippen molar-refractivity contribution in [2.45, 2.75) is 24.9 Å². The average Bonchev–Trinajstić information content (AvgIpc) is 2.53. The molecule has 146 valence electrons. The van der Waals surface area contributed by atoms with Crippen LogP contribution >= 0.6 is 11.6 Å². The van der Waals surface area contributed by atoms with E-state index in [2.05, 4.69) is 9.98 Å². The molecule has 0 spiro atoms. The summed E-state index contributed by atoms with van der Waals surface area (Å²) in [5.74, 6) is -0.833. The van der Waals surface area contributed by atoms with Crippen LogP contribution in [0.15, 0.2) is 40.4 Å². The van der Waals surface area contributed by atoms with Crippen LogP contribution < -0.4 is 0 Å². The maximum atomic E-state index is 12.6. The van der Waals surface area contributed by atoms with Crippen molar-refractivity contribution in [1.29, 1.82) is 0 Å². The second-order valence-corrected chi connectivity index (χ2v) is 8.02. The van der Waals surface area contributed by atoms with Gasteiger partial charge in [-0.05, 0) is 43.2 Å². The Morgan fingerprint density at radius 3 is 2.41 bits per heavy atom. The number of aryl methyl sites for hydroxylation is 2. The molecule has 2 aromatic rings. The van der Waals surface area contributed by atoms with Crippen LogP contribution in [0.1, 0.15) is 16.7 Å². The molecular formula is C18H19ClF3N3OS. The van der Waals surface area contributed by atoms with Gasteiger partial charge in [-0.25, -0.2) is 9.98 Å². The van der Waals surface area contributed by atoms with E-state index in [0.29, 0.717) is 27.8 Å². The Hall–Kier alpha value is -1.93. The highest BCUT2D eigenvalue weighted by Gasteiger charge is 2.31. The smallest absolute Gasteiger partial charge is 0.362 e. The van der Waals surface area contributed by atoms with Gasteiger partial charge in [0.2, 0.25) is 0 Å². The van der Waals surface area contributed by atoms with Gasteiger partial charge >= 0.3 is 6.18 Å². The summed E-state index contributed by atoms with van der Waals surface area (Å²) in [6.45, 7) is 3.44. The predicted octanol–water partition coefficient (Wildman–Crippen LogP) is 4.66.